The van der Waals surface area contributed by atoms with Gasteiger partial charge in [-0.25, -0.2) is 4.98 Å². The molecule has 7 nitrogen and oxygen atoms in total. The molecule has 0 fully saturated rings. The number of anilines is 1. The van der Waals surface area contributed by atoms with E-state index in [0.717, 1.165) is 0 Å². The van der Waals surface area contributed by atoms with Crippen LogP contribution in [0.25, 0.3) is 0 Å². The highest BCUT2D eigenvalue weighted by Crippen LogP contribution is 2.24. The van der Waals surface area contributed by atoms with Crippen molar-refractivity contribution in [1.29, 1.82) is 0 Å². The Balaban J connectivity index is 2.84. The van der Waals surface area contributed by atoms with Crippen molar-refractivity contribution in [2.45, 2.75) is 13.3 Å². The normalized spacial score (nSPS) is 9.37. The van der Waals surface area contributed by atoms with Gasteiger partial charge in [0, 0.05) is 26.0 Å². The van der Waals surface area contributed by atoms with Crippen molar-refractivity contribution in [3.8, 4) is 11.8 Å². The summed E-state index contributed by atoms with van der Waals surface area (Å²) in [5.74, 6) is 4.98. The van der Waals surface area contributed by atoms with Crippen molar-refractivity contribution in [2.75, 3.05) is 12.3 Å². The largest absolute Gasteiger partial charge is 0.378 e. The first-order chi connectivity index (χ1) is 8.91. The van der Waals surface area contributed by atoms with Crippen molar-refractivity contribution >= 4 is 29.0 Å². The molecule has 19 heavy (non-hydrogen) atoms. The molecule has 0 spiro atoms. The second-order valence-corrected chi connectivity index (χ2v) is 3.88. The number of nitrogens with zero attached hydrogens (tertiary/aromatic N) is 2. The highest BCUT2D eigenvalue weighted by Gasteiger charge is 2.15. The Kier molecular flexibility index (Phi) is 5.09. The molecule has 1 heterocycles. The van der Waals surface area contributed by atoms with E-state index in [9.17, 15) is 14.9 Å². The third-order valence-electron chi connectivity index (χ3n) is 2.03. The van der Waals surface area contributed by atoms with Gasteiger partial charge in [0.15, 0.2) is 0 Å². The molecule has 0 aliphatic carbocycles. The summed E-state index contributed by atoms with van der Waals surface area (Å²) in [7, 11) is 0. The maximum atomic E-state index is 10.7. The second-order valence-electron chi connectivity index (χ2n) is 3.52. The Morgan fingerprint density at radius 3 is 2.95 bits per heavy atom. The van der Waals surface area contributed by atoms with Crippen LogP contribution in [0.5, 0.6) is 0 Å². The van der Waals surface area contributed by atoms with Gasteiger partial charge in [-0.3, -0.25) is 14.9 Å². The SMILES string of the molecule is CC(=O)NCCC#Cc1cc([N+](=O)[O-])c(N)nc1Cl. The fraction of sp³-hybridized carbons (Fsp3) is 0.273. The third kappa shape index (κ3) is 4.44. The van der Waals surface area contributed by atoms with Gasteiger partial charge in [0.1, 0.15) is 5.15 Å². The fourth-order valence-corrected chi connectivity index (χ4v) is 1.38. The lowest BCUT2D eigenvalue weighted by molar-refractivity contribution is -0.384. The molecule has 0 atom stereocenters. The minimum Gasteiger partial charge on any atom is -0.378 e. The Morgan fingerprint density at radius 1 is 1.68 bits per heavy atom. The van der Waals surface area contributed by atoms with Crippen molar-refractivity contribution in [2.24, 2.45) is 0 Å². The molecular weight excluding hydrogens is 272 g/mol. The zero-order valence-corrected chi connectivity index (χ0v) is 10.8. The monoisotopic (exact) mass is 282 g/mol. The Hall–Kier alpha value is -2.33. The van der Waals surface area contributed by atoms with Crippen LogP contribution >= 0.6 is 11.6 Å². The van der Waals surface area contributed by atoms with Crippen LogP contribution in [0.1, 0.15) is 18.9 Å². The molecule has 0 saturated carbocycles. The van der Waals surface area contributed by atoms with Crippen LogP contribution in [0.4, 0.5) is 11.5 Å². The molecule has 0 aliphatic rings. The second kappa shape index (κ2) is 6.56. The van der Waals surface area contributed by atoms with Gasteiger partial charge >= 0.3 is 5.69 Å². The molecule has 1 amide bonds. The van der Waals surface area contributed by atoms with E-state index in [1.807, 2.05) is 0 Å². The fourth-order valence-electron chi connectivity index (χ4n) is 1.19. The number of nitro groups is 1. The minimum absolute atomic E-state index is 0.00938. The number of aromatic nitrogens is 1. The first kappa shape index (κ1) is 14.7. The van der Waals surface area contributed by atoms with Crippen LogP contribution in [0.3, 0.4) is 0 Å². The van der Waals surface area contributed by atoms with Gasteiger partial charge in [-0.2, -0.15) is 0 Å². The van der Waals surface area contributed by atoms with Crippen LogP contribution in [-0.2, 0) is 4.79 Å². The predicted octanol–water partition coefficient (Wildman–Crippen LogP) is 1.10. The lowest BCUT2D eigenvalue weighted by Crippen LogP contribution is -2.20. The van der Waals surface area contributed by atoms with E-state index < -0.39 is 4.92 Å². The molecular formula is C11H11ClN4O3. The standard InChI is InChI=1S/C11H11ClN4O3/c1-7(17)14-5-3-2-4-8-6-9(16(18)19)11(13)15-10(8)12/h6H,3,5H2,1H3,(H2,13,15)(H,14,17). The first-order valence-corrected chi connectivity index (χ1v) is 5.63. The average molecular weight is 283 g/mol. The van der Waals surface area contributed by atoms with Gasteiger partial charge in [-0.05, 0) is 0 Å². The molecule has 0 radical (unpaired) electrons. The molecule has 0 unspecified atom stereocenters. The maximum absolute atomic E-state index is 10.7. The molecule has 100 valence electrons. The van der Waals surface area contributed by atoms with E-state index in [0.29, 0.717) is 13.0 Å². The summed E-state index contributed by atoms with van der Waals surface area (Å²) in [6.45, 7) is 1.79. The topological polar surface area (TPSA) is 111 Å². The number of pyridine rings is 1. The number of carbonyl (C=O) groups is 1. The highest BCUT2D eigenvalue weighted by atomic mass is 35.5. The Morgan fingerprint density at radius 2 is 2.37 bits per heavy atom. The van der Waals surface area contributed by atoms with Gasteiger partial charge in [0.2, 0.25) is 11.7 Å². The number of hydrogen-bond donors (Lipinski definition) is 2. The summed E-state index contributed by atoms with van der Waals surface area (Å²) in [4.78, 5) is 24.3. The van der Waals surface area contributed by atoms with E-state index in [2.05, 4.69) is 22.1 Å². The number of carbonyl (C=O) groups excluding carboxylic acids is 1. The summed E-state index contributed by atoms with van der Waals surface area (Å²) in [5.41, 5.74) is 5.26. The lowest BCUT2D eigenvalue weighted by atomic mass is 10.2. The molecule has 8 heteroatoms. The molecule has 0 bridgehead atoms. The number of nitrogens with one attached hydrogen (secondary N) is 1. The van der Waals surface area contributed by atoms with Gasteiger partial charge in [-0.15, -0.1) is 0 Å². The predicted molar refractivity (Wildman–Crippen MR) is 70.5 cm³/mol. The summed E-state index contributed by atoms with van der Waals surface area (Å²) < 4.78 is 0. The molecule has 1 aromatic heterocycles. The third-order valence-corrected chi connectivity index (χ3v) is 2.32. The Bertz CT molecular complexity index is 577. The summed E-state index contributed by atoms with van der Waals surface area (Å²) >= 11 is 5.78. The minimum atomic E-state index is -0.652. The summed E-state index contributed by atoms with van der Waals surface area (Å²) in [6, 6.07) is 1.18. The van der Waals surface area contributed by atoms with Crippen molar-refractivity contribution in [1.82, 2.24) is 10.3 Å². The zero-order valence-electron chi connectivity index (χ0n) is 10.1. The maximum Gasteiger partial charge on any atom is 0.312 e. The van der Waals surface area contributed by atoms with Crippen molar-refractivity contribution in [3.63, 3.8) is 0 Å². The van der Waals surface area contributed by atoms with Gasteiger partial charge < -0.3 is 11.1 Å². The number of nitrogen functional groups attached to an aromatic ring is 1. The van der Waals surface area contributed by atoms with E-state index in [1.54, 1.807) is 0 Å². The summed E-state index contributed by atoms with van der Waals surface area (Å²) in [6.07, 6.45) is 0.397. The number of rotatable bonds is 3. The summed E-state index contributed by atoms with van der Waals surface area (Å²) in [5, 5.41) is 13.3. The van der Waals surface area contributed by atoms with Crippen molar-refractivity contribution in [3.05, 3.63) is 26.9 Å². The van der Waals surface area contributed by atoms with Crippen LogP contribution < -0.4 is 11.1 Å². The Labute approximate surface area is 114 Å². The van der Waals surface area contributed by atoms with Crippen LogP contribution in [0, 0.1) is 22.0 Å². The quantitative estimate of drug-likeness (QED) is 0.283. The molecule has 1 rings (SSSR count). The van der Waals surface area contributed by atoms with Gasteiger partial charge in [-0.1, -0.05) is 23.4 Å². The zero-order chi connectivity index (χ0) is 14.4. The molecule has 0 saturated heterocycles. The van der Waals surface area contributed by atoms with E-state index in [1.165, 1.54) is 13.0 Å². The van der Waals surface area contributed by atoms with E-state index in [4.69, 9.17) is 17.3 Å². The van der Waals surface area contributed by atoms with Crippen LogP contribution in [0.15, 0.2) is 6.07 Å². The first-order valence-electron chi connectivity index (χ1n) is 5.25. The molecule has 1 aromatic rings. The number of amides is 1. The molecule has 0 aromatic carbocycles. The average Bonchev–Trinajstić information content (AvgIpc) is 2.30. The van der Waals surface area contributed by atoms with E-state index >= 15 is 0 Å². The molecule has 3 N–H and O–H groups in total. The lowest BCUT2D eigenvalue weighted by Gasteiger charge is -1.99. The highest BCUT2D eigenvalue weighted by molar-refractivity contribution is 6.30. The van der Waals surface area contributed by atoms with Crippen LogP contribution in [0.2, 0.25) is 5.15 Å². The molecule has 0 aliphatic heterocycles. The smallest absolute Gasteiger partial charge is 0.312 e. The number of hydrogen-bond acceptors (Lipinski definition) is 5. The van der Waals surface area contributed by atoms with E-state index in [-0.39, 0.29) is 28.1 Å². The number of halogens is 1. The van der Waals surface area contributed by atoms with Gasteiger partial charge in [0.05, 0.1) is 10.5 Å². The van der Waals surface area contributed by atoms with Crippen LogP contribution in [-0.4, -0.2) is 22.4 Å². The van der Waals surface area contributed by atoms with Crippen molar-refractivity contribution < 1.29 is 9.72 Å². The van der Waals surface area contributed by atoms with Gasteiger partial charge in [0.25, 0.3) is 0 Å². The number of nitrogens with two attached hydrogens (primary N) is 1.